The topological polar surface area (TPSA) is 38.3 Å². The molecule has 4 aromatic carbocycles. The molecule has 0 heterocycles. The Hall–Kier alpha value is -3.26. The van der Waals surface area contributed by atoms with Crippen LogP contribution in [-0.2, 0) is 11.2 Å². The number of amides is 1. The van der Waals surface area contributed by atoms with Crippen molar-refractivity contribution >= 4 is 29.1 Å². The van der Waals surface area contributed by atoms with Gasteiger partial charge in [0.2, 0.25) is 0 Å². The molecule has 4 rings (SSSR count). The van der Waals surface area contributed by atoms with Crippen molar-refractivity contribution in [3.8, 4) is 0 Å². The van der Waals surface area contributed by atoms with Gasteiger partial charge in [0.25, 0.3) is 0 Å². The third-order valence-corrected chi connectivity index (χ3v) is 14.3. The second kappa shape index (κ2) is 13.6. The van der Waals surface area contributed by atoms with Crippen molar-refractivity contribution in [2.75, 3.05) is 13.2 Å². The summed E-state index contributed by atoms with van der Waals surface area (Å²) in [6, 6.07) is 41.1. The molecule has 0 bridgehead atoms. The van der Waals surface area contributed by atoms with E-state index in [2.05, 4.69) is 137 Å². The summed E-state index contributed by atoms with van der Waals surface area (Å²) in [5, 5.41) is 7.28. The van der Waals surface area contributed by atoms with E-state index in [0.717, 1.165) is 19.3 Å². The van der Waals surface area contributed by atoms with Gasteiger partial charge in [0.1, 0.15) is 0 Å². The molecule has 4 aromatic rings. The van der Waals surface area contributed by atoms with Gasteiger partial charge in [-0.1, -0.05) is 13.0 Å². The van der Waals surface area contributed by atoms with Gasteiger partial charge in [0.15, 0.2) is 0 Å². The Kier molecular flexibility index (Phi) is 10.2. The summed E-state index contributed by atoms with van der Waals surface area (Å²) < 4.78 is 6.56. The van der Waals surface area contributed by atoms with Crippen LogP contribution >= 0.6 is 7.26 Å². The predicted molar refractivity (Wildman–Crippen MR) is 178 cm³/mol. The van der Waals surface area contributed by atoms with Gasteiger partial charge >= 0.3 is 229 Å². The predicted octanol–water partition coefficient (Wildman–Crippen LogP) is 7.06. The number of benzene rings is 4. The number of nitrogens with one attached hydrogen (secondary N) is 1. The number of ether oxygens (including phenoxy) is 1. The van der Waals surface area contributed by atoms with Crippen LogP contribution in [0.4, 0.5) is 0 Å². The average Bonchev–Trinajstić information content (AvgIpc) is 2.99. The van der Waals surface area contributed by atoms with E-state index in [-0.39, 0.29) is 16.7 Å². The Morgan fingerprint density at radius 1 is 0.707 bits per heavy atom. The maximum absolute atomic E-state index is 12.7. The summed E-state index contributed by atoms with van der Waals surface area (Å²) in [5.41, 5.74) is 1.53. The Balaban J connectivity index is 1.50. The Labute approximate surface area is 247 Å². The molecule has 0 aromatic heterocycles. The van der Waals surface area contributed by atoms with Crippen molar-refractivity contribution in [1.82, 2.24) is 5.32 Å². The van der Waals surface area contributed by atoms with Crippen molar-refractivity contribution in [2.45, 2.75) is 64.6 Å². The first-order valence-corrected chi connectivity index (χ1v) is 16.9. The molecule has 41 heavy (non-hydrogen) atoms. The van der Waals surface area contributed by atoms with Gasteiger partial charge in [-0.05, 0) is 6.42 Å². The average molecular weight is 568 g/mol. The van der Waals surface area contributed by atoms with Crippen molar-refractivity contribution in [3.05, 3.63) is 126 Å². The molecule has 3 nitrogen and oxygen atoms in total. The maximum atomic E-state index is 12.7. The van der Waals surface area contributed by atoms with Gasteiger partial charge in [-0.25, -0.2) is 0 Å². The standard InChI is InChI=1S/C37H46NO2P/c1-6-30-17-16-18-31(29-30)35(39)38-27-25-36(2,3)40-28-26-37(4,5)41(32-19-10-7-11-20-32,33-21-12-8-13-22-33)34-23-14-9-15-24-34/h7-24,29,41H,6,25-28H2,1-5H3,(H,38,39). The van der Waals surface area contributed by atoms with Crippen LogP contribution in [0.25, 0.3) is 0 Å². The van der Waals surface area contributed by atoms with Crippen molar-refractivity contribution < 1.29 is 9.53 Å². The quantitative estimate of drug-likeness (QED) is 0.176. The third kappa shape index (κ3) is 7.15. The zero-order valence-electron chi connectivity index (χ0n) is 25.3. The van der Waals surface area contributed by atoms with E-state index in [1.165, 1.54) is 21.5 Å². The van der Waals surface area contributed by atoms with E-state index in [4.69, 9.17) is 4.74 Å². The Morgan fingerprint density at radius 3 is 1.71 bits per heavy atom. The first kappa shape index (κ1) is 30.7. The molecule has 0 aliphatic heterocycles. The van der Waals surface area contributed by atoms with E-state index in [1.807, 2.05) is 18.2 Å². The molecule has 0 spiro atoms. The minimum atomic E-state index is -2.47. The molecule has 0 radical (unpaired) electrons. The van der Waals surface area contributed by atoms with Crippen molar-refractivity contribution in [1.29, 1.82) is 0 Å². The van der Waals surface area contributed by atoms with Crippen LogP contribution in [0.1, 0.15) is 63.4 Å². The molecular weight excluding hydrogens is 521 g/mol. The fraction of sp³-hybridized carbons (Fsp3) is 0.324. The van der Waals surface area contributed by atoms with Gasteiger partial charge in [-0.3, -0.25) is 0 Å². The summed E-state index contributed by atoms with van der Waals surface area (Å²) in [4.78, 5) is 12.7. The third-order valence-electron chi connectivity index (χ3n) is 8.47. The number of aryl methyl sites for hydroxylation is 1. The Bertz CT molecular complexity index is 1290. The number of rotatable bonds is 13. The molecule has 1 amide bonds. The second-order valence-electron chi connectivity index (χ2n) is 12.1. The van der Waals surface area contributed by atoms with Gasteiger partial charge in [-0.15, -0.1) is 0 Å². The monoisotopic (exact) mass is 567 g/mol. The van der Waals surface area contributed by atoms with Crippen molar-refractivity contribution in [2.24, 2.45) is 0 Å². The second-order valence-corrected chi connectivity index (χ2v) is 16.7. The van der Waals surface area contributed by atoms with Crippen LogP contribution in [0.15, 0.2) is 115 Å². The van der Waals surface area contributed by atoms with Crippen LogP contribution in [-0.4, -0.2) is 29.8 Å². The van der Waals surface area contributed by atoms with Gasteiger partial charge < -0.3 is 0 Å². The normalized spacial score (nSPS) is 12.6. The molecule has 0 unspecified atom stereocenters. The first-order chi connectivity index (χ1) is 19.7. The fourth-order valence-electron chi connectivity index (χ4n) is 6.09. The number of carbonyl (C=O) groups excluding carboxylic acids is 1. The first-order valence-electron chi connectivity index (χ1n) is 14.9. The van der Waals surface area contributed by atoms with E-state index in [9.17, 15) is 4.79 Å². The van der Waals surface area contributed by atoms with Crippen LogP contribution in [0.2, 0.25) is 0 Å². The molecule has 4 heteroatoms. The summed E-state index contributed by atoms with van der Waals surface area (Å²) in [6.07, 6.45) is 2.57. The van der Waals surface area contributed by atoms with Crippen LogP contribution in [0.3, 0.4) is 0 Å². The molecule has 0 saturated heterocycles. The molecule has 1 N–H and O–H groups in total. The zero-order valence-corrected chi connectivity index (χ0v) is 26.3. The summed E-state index contributed by atoms with van der Waals surface area (Å²) >= 11 is 0. The molecule has 0 atom stereocenters. The molecule has 0 fully saturated rings. The van der Waals surface area contributed by atoms with E-state index in [1.54, 1.807) is 0 Å². The van der Waals surface area contributed by atoms with Crippen LogP contribution in [0, 0.1) is 0 Å². The number of carbonyl (C=O) groups is 1. The van der Waals surface area contributed by atoms with E-state index >= 15 is 0 Å². The van der Waals surface area contributed by atoms with E-state index in [0.29, 0.717) is 18.7 Å². The number of hydrogen-bond donors (Lipinski definition) is 1. The fourth-order valence-corrected chi connectivity index (χ4v) is 12.0. The zero-order chi connectivity index (χ0) is 29.3. The summed E-state index contributed by atoms with van der Waals surface area (Å²) in [5.74, 6) is -0.0263. The molecular formula is C37H46NO2P. The molecule has 0 aliphatic carbocycles. The summed E-state index contributed by atoms with van der Waals surface area (Å²) in [6.45, 7) is 12.4. The van der Waals surface area contributed by atoms with Crippen LogP contribution < -0.4 is 21.2 Å². The molecule has 216 valence electrons. The molecule has 0 saturated carbocycles. The van der Waals surface area contributed by atoms with Gasteiger partial charge in [-0.2, -0.15) is 0 Å². The van der Waals surface area contributed by atoms with Crippen molar-refractivity contribution in [3.63, 3.8) is 0 Å². The van der Waals surface area contributed by atoms with Crippen LogP contribution in [0.5, 0.6) is 0 Å². The van der Waals surface area contributed by atoms with Gasteiger partial charge in [0, 0.05) is 0 Å². The van der Waals surface area contributed by atoms with E-state index < -0.39 is 7.26 Å². The SMILES string of the molecule is CCc1cccc(C(=O)NCCC(C)(C)OCCC(C)(C)[PH](c2ccccc2)(c2ccccc2)c2ccccc2)c1. The summed E-state index contributed by atoms with van der Waals surface area (Å²) in [7, 11) is -2.47. The number of hydrogen-bond acceptors (Lipinski definition) is 2. The Morgan fingerprint density at radius 2 is 1.22 bits per heavy atom. The molecule has 0 aliphatic rings. The van der Waals surface area contributed by atoms with Gasteiger partial charge in [0.05, 0.1) is 0 Å². The minimum absolute atomic E-state index is 0.0263.